The van der Waals surface area contributed by atoms with Crippen LogP contribution in [0.3, 0.4) is 0 Å². The van der Waals surface area contributed by atoms with Gasteiger partial charge in [0.05, 0.1) is 6.54 Å². The second-order valence-electron chi connectivity index (χ2n) is 7.04. The predicted octanol–water partition coefficient (Wildman–Crippen LogP) is 1.87. The van der Waals surface area contributed by atoms with E-state index >= 15 is 0 Å². The molecule has 0 amide bonds. The molecular weight excluding hydrogens is 236 g/mol. The summed E-state index contributed by atoms with van der Waals surface area (Å²) in [6.45, 7) is 11.2. The van der Waals surface area contributed by atoms with Crippen LogP contribution in [0.5, 0.6) is 0 Å². The summed E-state index contributed by atoms with van der Waals surface area (Å²) >= 11 is 0. The van der Waals surface area contributed by atoms with E-state index in [2.05, 4.69) is 46.7 Å². The van der Waals surface area contributed by atoms with Crippen LogP contribution in [0.4, 0.5) is 0 Å². The van der Waals surface area contributed by atoms with Crippen molar-refractivity contribution in [2.75, 3.05) is 13.1 Å². The Morgan fingerprint density at radius 3 is 2.84 bits per heavy atom. The van der Waals surface area contributed by atoms with Gasteiger partial charge < -0.3 is 9.88 Å². The highest BCUT2D eigenvalue weighted by atomic mass is 15.3. The fourth-order valence-corrected chi connectivity index (χ4v) is 3.18. The van der Waals surface area contributed by atoms with Crippen molar-refractivity contribution in [2.45, 2.75) is 58.3 Å². The molecule has 2 aliphatic rings. The standard InChI is InChI=1S/C15H26N4/c1-15(2,3)17-10-12-4-5-13(12)19-9-8-18-7-6-16-14(18)11-19/h6-7,12-13,17H,4-5,8-11H2,1-3H3. The summed E-state index contributed by atoms with van der Waals surface area (Å²) in [6.07, 6.45) is 6.76. The fraction of sp³-hybridized carbons (Fsp3) is 0.800. The molecular formula is C15H26N4. The van der Waals surface area contributed by atoms with E-state index in [9.17, 15) is 0 Å². The highest BCUT2D eigenvalue weighted by molar-refractivity contribution is 5.00. The SMILES string of the molecule is CC(C)(C)NCC1CCC1N1CCn2ccnc2C1. The van der Waals surface area contributed by atoms with Crippen molar-refractivity contribution in [3.8, 4) is 0 Å². The molecule has 0 saturated heterocycles. The average molecular weight is 262 g/mol. The molecule has 0 bridgehead atoms. The minimum Gasteiger partial charge on any atom is -0.333 e. The van der Waals surface area contributed by atoms with Crippen molar-refractivity contribution < 1.29 is 0 Å². The summed E-state index contributed by atoms with van der Waals surface area (Å²) < 4.78 is 2.29. The van der Waals surface area contributed by atoms with Gasteiger partial charge >= 0.3 is 0 Å². The lowest BCUT2D eigenvalue weighted by molar-refractivity contribution is 0.0369. The van der Waals surface area contributed by atoms with Crippen molar-refractivity contribution >= 4 is 0 Å². The average Bonchev–Trinajstić information content (AvgIpc) is 2.73. The third-order valence-corrected chi connectivity index (χ3v) is 4.52. The molecule has 1 aliphatic carbocycles. The summed E-state index contributed by atoms with van der Waals surface area (Å²) in [5.41, 5.74) is 0.234. The number of fused-ring (bicyclic) bond motifs is 1. The smallest absolute Gasteiger partial charge is 0.122 e. The number of rotatable bonds is 3. The molecule has 1 saturated carbocycles. The van der Waals surface area contributed by atoms with Crippen molar-refractivity contribution in [1.29, 1.82) is 0 Å². The van der Waals surface area contributed by atoms with Gasteiger partial charge in [-0.2, -0.15) is 0 Å². The van der Waals surface area contributed by atoms with Gasteiger partial charge in [0.1, 0.15) is 5.82 Å². The summed E-state index contributed by atoms with van der Waals surface area (Å²) in [4.78, 5) is 7.10. The van der Waals surface area contributed by atoms with Crippen LogP contribution in [-0.2, 0) is 13.1 Å². The Hall–Kier alpha value is -0.870. The van der Waals surface area contributed by atoms with Gasteiger partial charge in [0.15, 0.2) is 0 Å². The molecule has 1 aromatic heterocycles. The number of aromatic nitrogens is 2. The topological polar surface area (TPSA) is 33.1 Å². The molecule has 1 N–H and O–H groups in total. The molecule has 2 heterocycles. The molecule has 3 rings (SSSR count). The Bertz CT molecular complexity index is 432. The van der Waals surface area contributed by atoms with Crippen molar-refractivity contribution in [3.63, 3.8) is 0 Å². The molecule has 0 aromatic carbocycles. The largest absolute Gasteiger partial charge is 0.333 e. The van der Waals surface area contributed by atoms with Crippen LogP contribution < -0.4 is 5.32 Å². The van der Waals surface area contributed by atoms with Crippen molar-refractivity contribution in [1.82, 2.24) is 19.8 Å². The zero-order valence-corrected chi connectivity index (χ0v) is 12.4. The molecule has 2 atom stereocenters. The molecule has 106 valence electrons. The van der Waals surface area contributed by atoms with Gasteiger partial charge in [-0.25, -0.2) is 4.98 Å². The maximum absolute atomic E-state index is 4.46. The Kier molecular flexibility index (Phi) is 3.39. The van der Waals surface area contributed by atoms with Crippen LogP contribution in [0.15, 0.2) is 12.4 Å². The Balaban J connectivity index is 1.56. The molecule has 4 nitrogen and oxygen atoms in total. The van der Waals surface area contributed by atoms with E-state index in [0.717, 1.165) is 31.6 Å². The lowest BCUT2D eigenvalue weighted by atomic mass is 9.77. The molecule has 0 spiro atoms. The quantitative estimate of drug-likeness (QED) is 0.902. The third-order valence-electron chi connectivity index (χ3n) is 4.52. The van der Waals surface area contributed by atoms with Gasteiger partial charge in [0.2, 0.25) is 0 Å². The Labute approximate surface area is 116 Å². The highest BCUT2D eigenvalue weighted by Crippen LogP contribution is 2.33. The van der Waals surface area contributed by atoms with Gasteiger partial charge in [-0.05, 0) is 46.1 Å². The van der Waals surface area contributed by atoms with E-state index in [-0.39, 0.29) is 5.54 Å². The zero-order chi connectivity index (χ0) is 13.5. The fourth-order valence-electron chi connectivity index (χ4n) is 3.18. The zero-order valence-electron chi connectivity index (χ0n) is 12.4. The van der Waals surface area contributed by atoms with Gasteiger partial charge in [-0.3, -0.25) is 4.90 Å². The Morgan fingerprint density at radius 1 is 1.32 bits per heavy atom. The molecule has 1 aromatic rings. The van der Waals surface area contributed by atoms with Gasteiger partial charge in [0, 0.05) is 37.1 Å². The maximum atomic E-state index is 4.46. The third kappa shape index (κ3) is 2.84. The monoisotopic (exact) mass is 262 g/mol. The van der Waals surface area contributed by atoms with E-state index in [0.29, 0.717) is 0 Å². The van der Waals surface area contributed by atoms with Crippen LogP contribution in [0.2, 0.25) is 0 Å². The lowest BCUT2D eigenvalue weighted by Gasteiger charge is -2.46. The van der Waals surface area contributed by atoms with Crippen LogP contribution in [0, 0.1) is 5.92 Å². The van der Waals surface area contributed by atoms with E-state index in [4.69, 9.17) is 0 Å². The van der Waals surface area contributed by atoms with E-state index in [1.165, 1.54) is 25.2 Å². The number of hydrogen-bond donors (Lipinski definition) is 1. The normalized spacial score (nSPS) is 27.9. The minimum atomic E-state index is 0.234. The second-order valence-corrected chi connectivity index (χ2v) is 7.04. The summed E-state index contributed by atoms with van der Waals surface area (Å²) in [7, 11) is 0. The first-order chi connectivity index (χ1) is 9.03. The number of nitrogens with zero attached hydrogens (tertiary/aromatic N) is 3. The lowest BCUT2D eigenvalue weighted by Crippen LogP contribution is -2.54. The molecule has 0 radical (unpaired) electrons. The van der Waals surface area contributed by atoms with E-state index < -0.39 is 0 Å². The van der Waals surface area contributed by atoms with Crippen molar-refractivity contribution in [2.24, 2.45) is 5.92 Å². The molecule has 1 fully saturated rings. The van der Waals surface area contributed by atoms with Crippen LogP contribution in [0.25, 0.3) is 0 Å². The van der Waals surface area contributed by atoms with Gasteiger partial charge in [-0.15, -0.1) is 0 Å². The minimum absolute atomic E-state index is 0.234. The second kappa shape index (κ2) is 4.91. The molecule has 1 aliphatic heterocycles. The van der Waals surface area contributed by atoms with Crippen LogP contribution in [-0.4, -0.2) is 39.1 Å². The first-order valence-corrected chi connectivity index (χ1v) is 7.52. The number of imidazole rings is 1. The Morgan fingerprint density at radius 2 is 2.16 bits per heavy atom. The molecule has 4 heteroatoms. The maximum Gasteiger partial charge on any atom is 0.122 e. The predicted molar refractivity (Wildman–Crippen MR) is 76.9 cm³/mol. The summed E-state index contributed by atoms with van der Waals surface area (Å²) in [5.74, 6) is 2.06. The molecule has 2 unspecified atom stereocenters. The summed E-state index contributed by atoms with van der Waals surface area (Å²) in [5, 5.41) is 3.66. The molecule has 19 heavy (non-hydrogen) atoms. The van der Waals surface area contributed by atoms with Crippen molar-refractivity contribution in [3.05, 3.63) is 18.2 Å². The van der Waals surface area contributed by atoms with E-state index in [1.807, 2.05) is 6.20 Å². The number of hydrogen-bond acceptors (Lipinski definition) is 3. The summed E-state index contributed by atoms with van der Waals surface area (Å²) in [6, 6.07) is 0.764. The van der Waals surface area contributed by atoms with Gasteiger partial charge in [0.25, 0.3) is 0 Å². The van der Waals surface area contributed by atoms with E-state index in [1.54, 1.807) is 0 Å². The van der Waals surface area contributed by atoms with Crippen LogP contribution in [0.1, 0.15) is 39.4 Å². The first kappa shape index (κ1) is 13.1. The van der Waals surface area contributed by atoms with Crippen LogP contribution >= 0.6 is 0 Å². The van der Waals surface area contributed by atoms with Gasteiger partial charge in [-0.1, -0.05) is 0 Å². The highest BCUT2D eigenvalue weighted by Gasteiger charge is 2.37. The first-order valence-electron chi connectivity index (χ1n) is 7.52. The number of nitrogens with one attached hydrogen (secondary N) is 1.